The average molecular weight is 192 g/mol. The molecule has 2 N–H and O–H groups in total. The molecule has 14 heavy (non-hydrogen) atoms. The molecule has 0 saturated carbocycles. The van der Waals surface area contributed by atoms with Gasteiger partial charge >= 0.3 is 75.7 Å². The second-order valence-electron chi connectivity index (χ2n) is 3.20. The average Bonchev–Trinajstić information content (AvgIpc) is 2.08. The largest absolute Gasteiger partial charge is 0.870 e. The molecule has 0 radical (unpaired) electrons. The minimum absolute atomic E-state index is 0. The molecule has 1 aromatic carbocycles. The van der Waals surface area contributed by atoms with E-state index in [1.165, 1.54) is 16.7 Å². The van der Waals surface area contributed by atoms with E-state index in [-0.39, 0.29) is 11.0 Å². The third kappa shape index (κ3) is 3.16. The quantitative estimate of drug-likeness (QED) is 0.667. The minimum Gasteiger partial charge on any atom is -0.870 e. The van der Waals surface area contributed by atoms with E-state index in [0.29, 0.717) is 0 Å². The molecule has 0 saturated heterocycles. The van der Waals surface area contributed by atoms with E-state index in [9.17, 15) is 0 Å². The number of aryl methyl sites for hydroxylation is 3. The van der Waals surface area contributed by atoms with Crippen molar-refractivity contribution >= 4 is 13.3 Å². The SMILES string of the molecule is [B+2]c1c(CC)cc(C)cc1CC.[OH-].[OH-]. The van der Waals surface area contributed by atoms with Crippen LogP contribution in [0.5, 0.6) is 0 Å². The smallest absolute Gasteiger partial charge is 0.870 e. The van der Waals surface area contributed by atoms with Crippen LogP contribution < -0.4 is 5.46 Å². The second kappa shape index (κ2) is 6.63. The van der Waals surface area contributed by atoms with Gasteiger partial charge in [0.2, 0.25) is 0 Å². The summed E-state index contributed by atoms with van der Waals surface area (Å²) in [5.41, 5.74) is 4.88. The van der Waals surface area contributed by atoms with Gasteiger partial charge in [-0.05, 0) is 0 Å². The van der Waals surface area contributed by atoms with Gasteiger partial charge in [0.1, 0.15) is 0 Å². The van der Waals surface area contributed by atoms with E-state index < -0.39 is 0 Å². The van der Waals surface area contributed by atoms with Crippen LogP contribution in [0.2, 0.25) is 0 Å². The fourth-order valence-corrected chi connectivity index (χ4v) is 1.54. The maximum absolute atomic E-state index is 5.97. The van der Waals surface area contributed by atoms with Crippen LogP contribution in [0.4, 0.5) is 0 Å². The predicted octanol–water partition coefficient (Wildman–Crippen LogP) is 1.56. The first-order valence-corrected chi connectivity index (χ1v) is 4.56. The maximum atomic E-state index is 5.97. The third-order valence-corrected chi connectivity index (χ3v) is 2.26. The summed E-state index contributed by atoms with van der Waals surface area (Å²) < 4.78 is 0. The predicted molar refractivity (Wildman–Crippen MR) is 59.2 cm³/mol. The van der Waals surface area contributed by atoms with Crippen molar-refractivity contribution in [2.24, 2.45) is 0 Å². The normalized spacial score (nSPS) is 8.93. The fraction of sp³-hybridized carbons (Fsp3) is 0.455. The molecule has 0 unspecified atom stereocenters. The third-order valence-electron chi connectivity index (χ3n) is 2.26. The monoisotopic (exact) mass is 192 g/mol. The Bertz CT molecular complexity index is 260. The van der Waals surface area contributed by atoms with Crippen LogP contribution in [0.3, 0.4) is 0 Å². The van der Waals surface area contributed by atoms with Crippen LogP contribution in [0.25, 0.3) is 0 Å². The summed E-state index contributed by atoms with van der Waals surface area (Å²) in [5.74, 6) is 0. The van der Waals surface area contributed by atoms with E-state index in [0.717, 1.165) is 18.3 Å². The van der Waals surface area contributed by atoms with Crippen molar-refractivity contribution in [2.75, 3.05) is 0 Å². The van der Waals surface area contributed by atoms with Gasteiger partial charge in [-0.2, -0.15) is 0 Å². The van der Waals surface area contributed by atoms with Crippen molar-refractivity contribution in [3.8, 4) is 0 Å². The Morgan fingerprint density at radius 2 is 1.36 bits per heavy atom. The summed E-state index contributed by atoms with van der Waals surface area (Å²) in [6.07, 6.45) is 2.06. The topological polar surface area (TPSA) is 60.0 Å². The van der Waals surface area contributed by atoms with Gasteiger partial charge in [0.05, 0.1) is 0 Å². The van der Waals surface area contributed by atoms with E-state index >= 15 is 0 Å². The van der Waals surface area contributed by atoms with Gasteiger partial charge in [0.25, 0.3) is 0 Å². The first kappa shape index (κ1) is 15.7. The van der Waals surface area contributed by atoms with Crippen LogP contribution >= 0.6 is 0 Å². The molecule has 0 aliphatic rings. The number of rotatable bonds is 2. The van der Waals surface area contributed by atoms with E-state index in [2.05, 4.69) is 32.9 Å². The number of benzene rings is 1. The Balaban J connectivity index is 0. The molecule has 0 heterocycles. The molecule has 76 valence electrons. The van der Waals surface area contributed by atoms with Crippen molar-refractivity contribution in [1.29, 1.82) is 0 Å². The van der Waals surface area contributed by atoms with Gasteiger partial charge in [-0.3, -0.25) is 0 Å². The summed E-state index contributed by atoms with van der Waals surface area (Å²) in [4.78, 5) is 0. The van der Waals surface area contributed by atoms with E-state index in [1.54, 1.807) is 0 Å². The fourth-order valence-electron chi connectivity index (χ4n) is 1.54. The van der Waals surface area contributed by atoms with E-state index in [1.807, 2.05) is 0 Å². The van der Waals surface area contributed by atoms with Gasteiger partial charge in [-0.15, -0.1) is 0 Å². The summed E-state index contributed by atoms with van der Waals surface area (Å²) in [7, 11) is 5.97. The standard InChI is InChI=1S/C11H15B.2H2O/c1-4-9-6-8(3)7-10(5-2)11(9)12;;/h6-7H,4-5H2,1-3H3;2*1H2/q+2;;/p-2. The molecule has 0 aliphatic heterocycles. The van der Waals surface area contributed by atoms with Gasteiger partial charge in [-0.25, -0.2) is 0 Å². The van der Waals surface area contributed by atoms with Gasteiger partial charge < -0.3 is 11.0 Å². The Morgan fingerprint density at radius 3 is 1.64 bits per heavy atom. The maximum Gasteiger partial charge on any atom is -0.870 e. The summed E-state index contributed by atoms with van der Waals surface area (Å²) in [6, 6.07) is 4.35. The van der Waals surface area contributed by atoms with Crippen molar-refractivity contribution in [3.63, 3.8) is 0 Å². The molecule has 0 atom stereocenters. The minimum atomic E-state index is 0. The van der Waals surface area contributed by atoms with Crippen molar-refractivity contribution in [1.82, 2.24) is 0 Å². The molecule has 3 heteroatoms. The molecule has 1 aromatic rings. The van der Waals surface area contributed by atoms with Gasteiger partial charge in [-0.1, -0.05) is 0 Å². The Kier molecular flexibility index (Phi) is 7.42. The van der Waals surface area contributed by atoms with Crippen molar-refractivity contribution in [2.45, 2.75) is 33.6 Å². The zero-order chi connectivity index (χ0) is 9.14. The molecule has 0 spiro atoms. The van der Waals surface area contributed by atoms with Crippen LogP contribution in [0, 0.1) is 6.92 Å². The second-order valence-corrected chi connectivity index (χ2v) is 3.20. The molecule has 2 nitrogen and oxygen atoms in total. The number of hydrogen-bond donors (Lipinski definition) is 0. The molecule has 0 amide bonds. The van der Waals surface area contributed by atoms with Crippen LogP contribution in [0.15, 0.2) is 12.1 Å². The molecular formula is C11H17BO2. The number of hydrogen-bond acceptors (Lipinski definition) is 2. The zero-order valence-electron chi connectivity index (χ0n) is 9.04. The Hall–Kier alpha value is -0.795. The summed E-state index contributed by atoms with van der Waals surface area (Å²) >= 11 is 0. The van der Waals surface area contributed by atoms with Gasteiger partial charge in [0.15, 0.2) is 0 Å². The molecule has 0 aromatic heterocycles. The molecule has 0 bridgehead atoms. The van der Waals surface area contributed by atoms with Crippen LogP contribution in [0.1, 0.15) is 30.5 Å². The Labute approximate surface area is 87.4 Å². The molecule has 0 aliphatic carbocycles. The van der Waals surface area contributed by atoms with Crippen LogP contribution in [-0.4, -0.2) is 18.8 Å². The van der Waals surface area contributed by atoms with Crippen molar-refractivity contribution < 1.29 is 11.0 Å². The molecule has 0 fully saturated rings. The van der Waals surface area contributed by atoms with E-state index in [4.69, 9.17) is 7.85 Å². The molecule has 1 rings (SSSR count). The summed E-state index contributed by atoms with van der Waals surface area (Å²) in [6.45, 7) is 6.41. The van der Waals surface area contributed by atoms with Crippen molar-refractivity contribution in [3.05, 3.63) is 28.8 Å². The zero-order valence-corrected chi connectivity index (χ0v) is 9.04. The molecular weight excluding hydrogens is 175 g/mol. The Morgan fingerprint density at radius 1 is 1.00 bits per heavy atom. The van der Waals surface area contributed by atoms with Gasteiger partial charge in [0, 0.05) is 0 Å². The first-order chi connectivity index (χ1) is 5.69. The van der Waals surface area contributed by atoms with Crippen LogP contribution in [-0.2, 0) is 12.8 Å². The first-order valence-electron chi connectivity index (χ1n) is 4.56. The summed E-state index contributed by atoms with van der Waals surface area (Å²) in [5, 5.41) is 0.